The highest BCUT2D eigenvalue weighted by Gasteiger charge is 2.06. The molecule has 19 heavy (non-hydrogen) atoms. The Balaban J connectivity index is 2.09. The topological polar surface area (TPSA) is 42.9 Å². The van der Waals surface area contributed by atoms with Crippen LogP contribution in [0.5, 0.6) is 0 Å². The Bertz CT molecular complexity index is 594. The first-order valence-electron chi connectivity index (χ1n) is 6.09. The molecule has 0 aliphatic heterocycles. The molecule has 0 spiro atoms. The van der Waals surface area contributed by atoms with Gasteiger partial charge >= 0.3 is 0 Å². The third kappa shape index (κ3) is 3.41. The van der Waals surface area contributed by atoms with Gasteiger partial charge in [0.1, 0.15) is 6.29 Å². The molecule has 1 aromatic heterocycles. The highest BCUT2D eigenvalue weighted by atomic mass is 32.2. The molecule has 1 heterocycles. The summed E-state index contributed by atoms with van der Waals surface area (Å²) in [5.41, 5.74) is 4.68. The van der Waals surface area contributed by atoms with E-state index in [0.29, 0.717) is 5.56 Å². The summed E-state index contributed by atoms with van der Waals surface area (Å²) >= 11 is 1.70. The van der Waals surface area contributed by atoms with Crippen LogP contribution in [0.25, 0.3) is 0 Å². The second kappa shape index (κ2) is 5.97. The van der Waals surface area contributed by atoms with Crippen LogP contribution in [0.2, 0.25) is 0 Å². The van der Waals surface area contributed by atoms with Crippen LogP contribution in [0.1, 0.15) is 33.1 Å². The number of carbonyl (C=O) groups excluding carboxylic acids is 1. The smallest absolute Gasteiger partial charge is 0.150 e. The summed E-state index contributed by atoms with van der Waals surface area (Å²) in [6.07, 6.45) is 0.855. The van der Waals surface area contributed by atoms with Crippen LogP contribution in [-0.2, 0) is 5.75 Å². The van der Waals surface area contributed by atoms with Gasteiger partial charge in [-0.2, -0.15) is 0 Å². The zero-order valence-electron chi connectivity index (χ0n) is 11.3. The summed E-state index contributed by atoms with van der Waals surface area (Å²) in [6.45, 7) is 5.95. The second-order valence-corrected chi connectivity index (χ2v) is 5.45. The van der Waals surface area contributed by atoms with E-state index in [1.54, 1.807) is 11.8 Å². The predicted molar refractivity (Wildman–Crippen MR) is 77.6 cm³/mol. The average molecular weight is 272 g/mol. The van der Waals surface area contributed by atoms with Crippen molar-refractivity contribution in [2.75, 3.05) is 0 Å². The molecule has 0 saturated carbocycles. The standard InChI is InChI=1S/C15H16N2OS/c1-10-11(2)17-15(12(3)16-10)9-19-14-6-4-13(8-18)5-7-14/h4-8H,9H2,1-3H3. The van der Waals surface area contributed by atoms with Crippen LogP contribution in [0.3, 0.4) is 0 Å². The monoisotopic (exact) mass is 272 g/mol. The van der Waals surface area contributed by atoms with E-state index < -0.39 is 0 Å². The van der Waals surface area contributed by atoms with Crippen LogP contribution in [-0.4, -0.2) is 16.3 Å². The molecular formula is C15H16N2OS. The van der Waals surface area contributed by atoms with Crippen LogP contribution in [0.15, 0.2) is 29.2 Å². The zero-order chi connectivity index (χ0) is 13.8. The van der Waals surface area contributed by atoms with Crippen molar-refractivity contribution in [3.8, 4) is 0 Å². The third-order valence-electron chi connectivity index (χ3n) is 2.97. The Kier molecular flexibility index (Phi) is 4.32. The van der Waals surface area contributed by atoms with Crippen molar-refractivity contribution >= 4 is 18.0 Å². The maximum Gasteiger partial charge on any atom is 0.150 e. The molecule has 4 heteroatoms. The molecule has 0 aliphatic rings. The largest absolute Gasteiger partial charge is 0.298 e. The van der Waals surface area contributed by atoms with E-state index in [9.17, 15) is 4.79 Å². The number of aryl methyl sites for hydroxylation is 3. The maximum absolute atomic E-state index is 10.6. The lowest BCUT2D eigenvalue weighted by Gasteiger charge is -2.07. The minimum Gasteiger partial charge on any atom is -0.298 e. The third-order valence-corrected chi connectivity index (χ3v) is 3.99. The van der Waals surface area contributed by atoms with Crippen molar-refractivity contribution in [3.05, 3.63) is 52.6 Å². The van der Waals surface area contributed by atoms with Gasteiger partial charge in [0.05, 0.1) is 22.8 Å². The summed E-state index contributed by atoms with van der Waals surface area (Å²) in [6, 6.07) is 7.57. The molecule has 98 valence electrons. The molecule has 1 aromatic carbocycles. The van der Waals surface area contributed by atoms with Gasteiger partial charge < -0.3 is 0 Å². The number of nitrogens with zero attached hydrogens (tertiary/aromatic N) is 2. The predicted octanol–water partition coefficient (Wildman–Crippen LogP) is 3.51. The SMILES string of the molecule is Cc1nc(C)c(CSc2ccc(C=O)cc2)nc1C. The molecule has 0 aliphatic carbocycles. The Hall–Kier alpha value is -1.68. The van der Waals surface area contributed by atoms with Crippen LogP contribution in [0.4, 0.5) is 0 Å². The summed E-state index contributed by atoms with van der Waals surface area (Å²) < 4.78 is 0. The van der Waals surface area contributed by atoms with Gasteiger partial charge in [0.15, 0.2) is 0 Å². The lowest BCUT2D eigenvalue weighted by atomic mass is 10.2. The Labute approximate surface area is 117 Å². The molecule has 0 unspecified atom stereocenters. The number of benzene rings is 1. The molecule has 0 saturated heterocycles. The van der Waals surface area contributed by atoms with E-state index in [1.807, 2.05) is 45.0 Å². The van der Waals surface area contributed by atoms with Gasteiger partial charge in [0.2, 0.25) is 0 Å². The van der Waals surface area contributed by atoms with Gasteiger partial charge in [0.25, 0.3) is 0 Å². The summed E-state index contributed by atoms with van der Waals surface area (Å²) in [5.74, 6) is 0.792. The van der Waals surface area contributed by atoms with Crippen molar-refractivity contribution in [1.29, 1.82) is 0 Å². The number of hydrogen-bond acceptors (Lipinski definition) is 4. The maximum atomic E-state index is 10.6. The van der Waals surface area contributed by atoms with Crippen molar-refractivity contribution in [3.63, 3.8) is 0 Å². The fourth-order valence-corrected chi connectivity index (χ4v) is 2.60. The lowest BCUT2D eigenvalue weighted by Crippen LogP contribution is -2.01. The molecule has 0 radical (unpaired) electrons. The van der Waals surface area contributed by atoms with Crippen molar-refractivity contribution in [1.82, 2.24) is 9.97 Å². The van der Waals surface area contributed by atoms with Gasteiger partial charge in [-0.05, 0) is 32.9 Å². The molecule has 0 N–H and O–H groups in total. The van der Waals surface area contributed by atoms with Gasteiger partial charge in [-0.3, -0.25) is 14.8 Å². The number of hydrogen-bond donors (Lipinski definition) is 0. The van der Waals surface area contributed by atoms with Crippen LogP contribution < -0.4 is 0 Å². The molecule has 3 nitrogen and oxygen atoms in total. The number of aldehydes is 1. The minimum atomic E-state index is 0.700. The molecule has 0 bridgehead atoms. The zero-order valence-corrected chi connectivity index (χ0v) is 12.1. The number of thioether (sulfide) groups is 1. The molecule has 2 rings (SSSR count). The van der Waals surface area contributed by atoms with Crippen molar-refractivity contribution in [2.45, 2.75) is 31.4 Å². The number of rotatable bonds is 4. The van der Waals surface area contributed by atoms with Gasteiger partial charge in [0, 0.05) is 16.2 Å². The molecule has 0 fully saturated rings. The van der Waals surface area contributed by atoms with E-state index in [1.165, 1.54) is 0 Å². The highest BCUT2D eigenvalue weighted by Crippen LogP contribution is 2.23. The van der Waals surface area contributed by atoms with Crippen LogP contribution in [0, 0.1) is 20.8 Å². The molecule has 0 amide bonds. The number of aromatic nitrogens is 2. The number of carbonyl (C=O) groups is 1. The normalized spacial score (nSPS) is 10.5. The van der Waals surface area contributed by atoms with Crippen molar-refractivity contribution < 1.29 is 4.79 Å². The Morgan fingerprint density at radius 2 is 1.63 bits per heavy atom. The highest BCUT2D eigenvalue weighted by molar-refractivity contribution is 7.98. The van der Waals surface area contributed by atoms with Gasteiger partial charge in [-0.25, -0.2) is 0 Å². The summed E-state index contributed by atoms with van der Waals surface area (Å²) in [4.78, 5) is 20.8. The van der Waals surface area contributed by atoms with Gasteiger partial charge in [-0.1, -0.05) is 12.1 Å². The first-order chi connectivity index (χ1) is 9.10. The lowest BCUT2D eigenvalue weighted by molar-refractivity contribution is 0.112. The Morgan fingerprint density at radius 1 is 1.00 bits per heavy atom. The van der Waals surface area contributed by atoms with E-state index in [2.05, 4.69) is 9.97 Å². The molecule has 0 atom stereocenters. The summed E-state index contributed by atoms with van der Waals surface area (Å²) in [5, 5.41) is 0. The van der Waals surface area contributed by atoms with E-state index in [-0.39, 0.29) is 0 Å². The van der Waals surface area contributed by atoms with E-state index >= 15 is 0 Å². The van der Waals surface area contributed by atoms with Crippen LogP contribution >= 0.6 is 11.8 Å². The summed E-state index contributed by atoms with van der Waals surface area (Å²) in [7, 11) is 0. The van der Waals surface area contributed by atoms with E-state index in [0.717, 1.165) is 39.7 Å². The fraction of sp³-hybridized carbons (Fsp3) is 0.267. The Morgan fingerprint density at radius 3 is 2.26 bits per heavy atom. The first-order valence-corrected chi connectivity index (χ1v) is 7.07. The first kappa shape index (κ1) is 13.7. The second-order valence-electron chi connectivity index (χ2n) is 4.40. The van der Waals surface area contributed by atoms with Gasteiger partial charge in [-0.15, -0.1) is 11.8 Å². The minimum absolute atomic E-state index is 0.700. The fourth-order valence-electron chi connectivity index (χ4n) is 1.69. The molecular weight excluding hydrogens is 256 g/mol. The average Bonchev–Trinajstić information content (AvgIpc) is 2.42. The quantitative estimate of drug-likeness (QED) is 0.631. The molecule has 2 aromatic rings. The van der Waals surface area contributed by atoms with E-state index in [4.69, 9.17) is 0 Å². The van der Waals surface area contributed by atoms with Crippen molar-refractivity contribution in [2.24, 2.45) is 0 Å².